The first kappa shape index (κ1) is 30.4. The summed E-state index contributed by atoms with van der Waals surface area (Å²) in [6, 6.07) is 13.2. The molecule has 2 N–H and O–H groups in total. The Balaban J connectivity index is 1.14. The summed E-state index contributed by atoms with van der Waals surface area (Å²) in [6.45, 7) is 8.58. The van der Waals surface area contributed by atoms with Gasteiger partial charge in [0, 0.05) is 42.6 Å². The molecular formula is C33H38ClN5O4S. The van der Waals surface area contributed by atoms with E-state index >= 15 is 0 Å². The van der Waals surface area contributed by atoms with Gasteiger partial charge in [0.05, 0.1) is 10.5 Å². The molecule has 0 radical (unpaired) electrons. The maximum Gasteiger partial charge on any atom is 0.410 e. The number of ether oxygens (including phenoxy) is 2. The number of hydrogen-bond donors (Lipinski definition) is 2. The number of anilines is 1. The summed E-state index contributed by atoms with van der Waals surface area (Å²) in [5.74, 6) is 0.566. The van der Waals surface area contributed by atoms with E-state index in [0.717, 1.165) is 53.7 Å². The van der Waals surface area contributed by atoms with Crippen molar-refractivity contribution in [2.75, 3.05) is 31.5 Å². The highest BCUT2D eigenvalue weighted by Gasteiger charge is 2.31. The number of fused-ring (bicyclic) bond motifs is 1. The molecule has 0 aliphatic carbocycles. The fraction of sp³-hybridized carbons (Fsp3) is 0.424. The van der Waals surface area contributed by atoms with E-state index in [2.05, 4.69) is 25.8 Å². The maximum atomic E-state index is 13.6. The third kappa shape index (κ3) is 6.87. The molecule has 2 amide bonds. The SMILES string of the molecule is CC(C)(C)OC(=O)N1CCC(Oc2ccc(-c3n[nH]c4ccc(NC(=O)C(c5ccsc5)N5CCCC5)cc34)cc2Cl)CC1. The average molecular weight is 636 g/mol. The lowest BCUT2D eigenvalue weighted by Crippen LogP contribution is -2.44. The average Bonchev–Trinajstić information content (AvgIpc) is 3.77. The minimum absolute atomic E-state index is 0.0313. The van der Waals surface area contributed by atoms with Crippen molar-refractivity contribution in [3.05, 3.63) is 63.8 Å². The van der Waals surface area contributed by atoms with Gasteiger partial charge in [0.25, 0.3) is 0 Å². The van der Waals surface area contributed by atoms with Crippen LogP contribution < -0.4 is 10.1 Å². The molecular weight excluding hydrogens is 598 g/mol. The van der Waals surface area contributed by atoms with Crippen molar-refractivity contribution in [2.45, 2.75) is 64.2 Å². The number of H-pyrrole nitrogens is 1. The second kappa shape index (κ2) is 12.8. The van der Waals surface area contributed by atoms with Crippen LogP contribution in [0.1, 0.15) is 58.1 Å². The number of amides is 2. The van der Waals surface area contributed by atoms with Crippen LogP contribution in [-0.2, 0) is 9.53 Å². The Bertz CT molecular complexity index is 1620. The van der Waals surface area contributed by atoms with Gasteiger partial charge in [0.15, 0.2) is 0 Å². The van der Waals surface area contributed by atoms with Gasteiger partial charge < -0.3 is 19.7 Å². The smallest absolute Gasteiger partial charge is 0.410 e. The molecule has 2 aliphatic rings. The molecule has 0 saturated carbocycles. The summed E-state index contributed by atoms with van der Waals surface area (Å²) in [5, 5.41) is 16.3. The third-order valence-electron chi connectivity index (χ3n) is 8.04. The number of nitrogens with one attached hydrogen (secondary N) is 2. The molecule has 232 valence electrons. The van der Waals surface area contributed by atoms with Gasteiger partial charge in [0.1, 0.15) is 29.2 Å². The van der Waals surface area contributed by atoms with Crippen molar-refractivity contribution in [3.63, 3.8) is 0 Å². The third-order valence-corrected chi connectivity index (χ3v) is 9.03. The second-order valence-corrected chi connectivity index (χ2v) is 13.6. The molecule has 44 heavy (non-hydrogen) atoms. The fourth-order valence-electron chi connectivity index (χ4n) is 5.89. The molecule has 2 fully saturated rings. The molecule has 6 rings (SSSR count). The summed E-state index contributed by atoms with van der Waals surface area (Å²) in [6.07, 6.45) is 3.27. The molecule has 9 nitrogen and oxygen atoms in total. The Morgan fingerprint density at radius 3 is 2.52 bits per heavy atom. The van der Waals surface area contributed by atoms with Crippen LogP contribution >= 0.6 is 22.9 Å². The number of aromatic nitrogens is 2. The van der Waals surface area contributed by atoms with Gasteiger partial charge in [-0.05, 0) is 105 Å². The number of benzene rings is 2. The zero-order valence-corrected chi connectivity index (χ0v) is 26.8. The highest BCUT2D eigenvalue weighted by atomic mass is 35.5. The molecule has 0 bridgehead atoms. The van der Waals surface area contributed by atoms with Crippen LogP contribution in [-0.4, -0.2) is 69.9 Å². The largest absolute Gasteiger partial charge is 0.489 e. The maximum absolute atomic E-state index is 13.6. The van der Waals surface area contributed by atoms with Gasteiger partial charge in [-0.25, -0.2) is 4.79 Å². The molecule has 2 aromatic heterocycles. The van der Waals surface area contributed by atoms with E-state index in [1.807, 2.05) is 68.6 Å². The normalized spacial score (nSPS) is 17.1. The van der Waals surface area contributed by atoms with Crippen LogP contribution in [0.3, 0.4) is 0 Å². The molecule has 2 aromatic carbocycles. The molecule has 2 saturated heterocycles. The lowest BCUT2D eigenvalue weighted by Gasteiger charge is -2.33. The lowest BCUT2D eigenvalue weighted by atomic mass is 10.1. The summed E-state index contributed by atoms with van der Waals surface area (Å²) in [7, 11) is 0. The standard InChI is InChI=1S/C33H38ClN5O4S/c1-33(2,3)43-32(41)39-15-10-24(11-16-39)42-28-9-6-21(18-26(28)34)29-25-19-23(7-8-27(25)36-37-29)35-31(40)30(22-12-17-44-20-22)38-13-4-5-14-38/h6-9,12,17-20,24,30H,4-5,10-11,13-16H2,1-3H3,(H,35,40)(H,36,37). The Morgan fingerprint density at radius 2 is 1.84 bits per heavy atom. The fourth-order valence-corrected chi connectivity index (χ4v) is 6.79. The first-order valence-corrected chi connectivity index (χ1v) is 16.5. The number of piperidine rings is 1. The van der Waals surface area contributed by atoms with Crippen molar-refractivity contribution in [1.82, 2.24) is 20.0 Å². The van der Waals surface area contributed by atoms with Gasteiger partial charge in [-0.2, -0.15) is 16.4 Å². The topological polar surface area (TPSA) is 99.8 Å². The Hall–Kier alpha value is -3.60. The second-order valence-electron chi connectivity index (χ2n) is 12.5. The number of thiophene rings is 1. The van der Waals surface area contributed by atoms with Crippen LogP contribution in [0.25, 0.3) is 22.2 Å². The van der Waals surface area contributed by atoms with Crippen LogP contribution in [0.5, 0.6) is 5.75 Å². The van der Waals surface area contributed by atoms with Crippen LogP contribution in [0.2, 0.25) is 5.02 Å². The van der Waals surface area contributed by atoms with E-state index in [9.17, 15) is 9.59 Å². The number of carbonyl (C=O) groups excluding carboxylic acids is 2. The van der Waals surface area contributed by atoms with Gasteiger partial charge in [-0.15, -0.1) is 0 Å². The quantitative estimate of drug-likeness (QED) is 0.218. The van der Waals surface area contributed by atoms with Crippen LogP contribution in [0.4, 0.5) is 10.5 Å². The highest BCUT2D eigenvalue weighted by molar-refractivity contribution is 7.08. The summed E-state index contributed by atoms with van der Waals surface area (Å²) in [4.78, 5) is 29.9. The molecule has 1 atom stereocenters. The van der Waals surface area contributed by atoms with Gasteiger partial charge in [0.2, 0.25) is 5.91 Å². The number of hydrogen-bond acceptors (Lipinski definition) is 7. The number of halogens is 1. The van der Waals surface area contributed by atoms with Crippen LogP contribution in [0.15, 0.2) is 53.2 Å². The van der Waals surface area contributed by atoms with Gasteiger partial charge in [-0.3, -0.25) is 14.8 Å². The summed E-state index contributed by atoms with van der Waals surface area (Å²) < 4.78 is 11.7. The van der Waals surface area contributed by atoms with Crippen molar-refractivity contribution >= 4 is 51.5 Å². The summed E-state index contributed by atoms with van der Waals surface area (Å²) in [5.41, 5.74) is 3.67. The predicted octanol–water partition coefficient (Wildman–Crippen LogP) is 7.50. The van der Waals surface area contributed by atoms with E-state index in [4.69, 9.17) is 21.1 Å². The number of carbonyl (C=O) groups is 2. The van der Waals surface area contributed by atoms with Gasteiger partial charge >= 0.3 is 6.09 Å². The molecule has 11 heteroatoms. The molecule has 1 unspecified atom stereocenters. The van der Waals surface area contributed by atoms with Crippen molar-refractivity contribution in [3.8, 4) is 17.0 Å². The number of rotatable bonds is 7. The molecule has 4 heterocycles. The number of nitrogens with zero attached hydrogens (tertiary/aromatic N) is 3. The van der Waals surface area contributed by atoms with Crippen molar-refractivity contribution in [1.29, 1.82) is 0 Å². The lowest BCUT2D eigenvalue weighted by molar-refractivity contribution is -0.121. The first-order valence-electron chi connectivity index (χ1n) is 15.1. The van der Waals surface area contributed by atoms with E-state index < -0.39 is 5.60 Å². The molecule has 4 aromatic rings. The van der Waals surface area contributed by atoms with E-state index in [-0.39, 0.29) is 24.1 Å². The predicted molar refractivity (Wildman–Crippen MR) is 174 cm³/mol. The zero-order valence-electron chi connectivity index (χ0n) is 25.3. The first-order chi connectivity index (χ1) is 21.1. The molecule has 2 aliphatic heterocycles. The Morgan fingerprint density at radius 1 is 1.07 bits per heavy atom. The van der Waals surface area contributed by atoms with E-state index in [1.54, 1.807) is 16.2 Å². The zero-order chi connectivity index (χ0) is 30.8. The Labute approximate surface area is 266 Å². The summed E-state index contributed by atoms with van der Waals surface area (Å²) >= 11 is 8.32. The van der Waals surface area contributed by atoms with Crippen LogP contribution in [0, 0.1) is 0 Å². The minimum Gasteiger partial charge on any atom is -0.489 e. The van der Waals surface area contributed by atoms with Gasteiger partial charge in [-0.1, -0.05) is 11.6 Å². The minimum atomic E-state index is -0.518. The van der Waals surface area contributed by atoms with Crippen molar-refractivity contribution in [2.24, 2.45) is 0 Å². The highest BCUT2D eigenvalue weighted by Crippen LogP contribution is 2.35. The monoisotopic (exact) mass is 635 g/mol. The Kier molecular flexibility index (Phi) is 8.84. The number of aromatic amines is 1. The molecule has 0 spiro atoms. The van der Waals surface area contributed by atoms with Crippen molar-refractivity contribution < 1.29 is 19.1 Å². The van der Waals surface area contributed by atoms with E-state index in [0.29, 0.717) is 42.4 Å². The van der Waals surface area contributed by atoms with E-state index in [1.165, 1.54) is 0 Å². The number of likely N-dealkylation sites (tertiary alicyclic amines) is 2.